The van der Waals surface area contributed by atoms with E-state index >= 15 is 0 Å². The van der Waals surface area contributed by atoms with Crippen molar-refractivity contribution in [2.24, 2.45) is 0 Å². The quantitative estimate of drug-likeness (QED) is 0.429. The van der Waals surface area contributed by atoms with Crippen LogP contribution in [-0.4, -0.2) is 62.8 Å². The van der Waals surface area contributed by atoms with Crippen LogP contribution in [-0.2, 0) is 4.74 Å². The van der Waals surface area contributed by atoms with Crippen molar-refractivity contribution in [2.45, 2.75) is 30.7 Å². The number of phenolic OH excluding ortho intramolecular Hbond substituents is 1. The first-order chi connectivity index (χ1) is 11.4. The summed E-state index contributed by atoms with van der Waals surface area (Å²) in [6.07, 6.45) is -7.27. The van der Waals surface area contributed by atoms with Gasteiger partial charge >= 0.3 is 5.63 Å². The zero-order valence-corrected chi connectivity index (χ0v) is 12.3. The lowest BCUT2D eigenvalue weighted by Gasteiger charge is -2.39. The molecule has 1 aliphatic rings. The number of hydrogen-bond acceptors (Lipinski definition) is 9. The summed E-state index contributed by atoms with van der Waals surface area (Å²) in [5, 5.41) is 49.0. The summed E-state index contributed by atoms with van der Waals surface area (Å²) in [5.41, 5.74) is -0.439. The Hall–Kier alpha value is -2.17. The lowest BCUT2D eigenvalue weighted by molar-refractivity contribution is -0.277. The highest BCUT2D eigenvalue weighted by molar-refractivity contribution is 5.80. The molecule has 0 bridgehead atoms. The van der Waals surface area contributed by atoms with Gasteiger partial charge in [0.1, 0.15) is 30.0 Å². The summed E-state index contributed by atoms with van der Waals surface area (Å²) in [7, 11) is 0. The van der Waals surface area contributed by atoms with Crippen LogP contribution in [0.1, 0.15) is 0 Å². The van der Waals surface area contributed by atoms with E-state index in [0.717, 1.165) is 6.07 Å². The van der Waals surface area contributed by atoms with Crippen molar-refractivity contribution in [3.63, 3.8) is 0 Å². The molecule has 5 atom stereocenters. The van der Waals surface area contributed by atoms with E-state index in [4.69, 9.17) is 19.0 Å². The third kappa shape index (κ3) is 2.95. The van der Waals surface area contributed by atoms with Crippen LogP contribution >= 0.6 is 0 Å². The van der Waals surface area contributed by atoms with Crippen LogP contribution in [0.3, 0.4) is 0 Å². The standard InChI is InChI=1S/C15H16O9/c16-5-10-12(19)13(20)14(21)15(24-10)23-9-3-6-1-2-11(18)22-8(6)4-7(9)17/h1-4,10,12-17,19-21H,5H2/t10?,12-,13+,14-,15-/m1/s1. The van der Waals surface area contributed by atoms with Crippen LogP contribution in [0.2, 0.25) is 0 Å². The van der Waals surface area contributed by atoms with Crippen LogP contribution in [0, 0.1) is 0 Å². The molecule has 0 spiro atoms. The maximum atomic E-state index is 11.2. The second-order valence-corrected chi connectivity index (χ2v) is 5.43. The molecule has 1 aliphatic heterocycles. The highest BCUT2D eigenvalue weighted by Crippen LogP contribution is 2.33. The second-order valence-electron chi connectivity index (χ2n) is 5.43. The number of fused-ring (bicyclic) bond motifs is 1. The Labute approximate surface area is 134 Å². The van der Waals surface area contributed by atoms with Crippen LogP contribution in [0.4, 0.5) is 0 Å². The number of aliphatic hydroxyl groups is 4. The number of benzene rings is 1. The molecule has 1 unspecified atom stereocenters. The summed E-state index contributed by atoms with van der Waals surface area (Å²) in [5.74, 6) is -0.477. The SMILES string of the molecule is O=c1ccc2cc(O[C@@H]3OC(CO)[C@@H](O)[C@H](O)[C@H]3O)c(O)cc2o1. The minimum absolute atomic E-state index is 0.0966. The monoisotopic (exact) mass is 340 g/mol. The molecule has 24 heavy (non-hydrogen) atoms. The van der Waals surface area contributed by atoms with Gasteiger partial charge in [-0.1, -0.05) is 0 Å². The molecule has 130 valence electrons. The van der Waals surface area contributed by atoms with Gasteiger partial charge in [-0.2, -0.15) is 0 Å². The summed E-state index contributed by atoms with van der Waals surface area (Å²) in [6.45, 7) is -0.598. The van der Waals surface area contributed by atoms with E-state index in [2.05, 4.69) is 0 Å². The molecule has 1 saturated heterocycles. The number of ether oxygens (including phenoxy) is 2. The number of aromatic hydroxyl groups is 1. The summed E-state index contributed by atoms with van der Waals surface area (Å²) < 4.78 is 15.5. The molecule has 2 aromatic rings. The molecule has 9 heteroatoms. The van der Waals surface area contributed by atoms with Gasteiger partial charge in [0.25, 0.3) is 0 Å². The number of hydrogen-bond donors (Lipinski definition) is 5. The Morgan fingerprint density at radius 3 is 2.54 bits per heavy atom. The van der Waals surface area contributed by atoms with Crippen molar-refractivity contribution in [2.75, 3.05) is 6.61 Å². The van der Waals surface area contributed by atoms with E-state index < -0.39 is 42.9 Å². The second kappa shape index (κ2) is 6.38. The van der Waals surface area contributed by atoms with Gasteiger partial charge in [0.2, 0.25) is 6.29 Å². The molecule has 0 saturated carbocycles. The Kier molecular flexibility index (Phi) is 4.43. The first kappa shape index (κ1) is 16.7. The molecule has 9 nitrogen and oxygen atoms in total. The van der Waals surface area contributed by atoms with Crippen LogP contribution in [0.5, 0.6) is 11.5 Å². The molecule has 1 aromatic carbocycles. The molecule has 5 N–H and O–H groups in total. The van der Waals surface area contributed by atoms with E-state index in [0.29, 0.717) is 5.39 Å². The first-order valence-electron chi connectivity index (χ1n) is 7.15. The average Bonchev–Trinajstić information content (AvgIpc) is 2.56. The minimum Gasteiger partial charge on any atom is -0.504 e. The lowest BCUT2D eigenvalue weighted by atomic mass is 9.99. The van der Waals surface area contributed by atoms with Crippen LogP contribution in [0.15, 0.2) is 33.5 Å². The number of phenols is 1. The lowest BCUT2D eigenvalue weighted by Crippen LogP contribution is -2.60. The zero-order chi connectivity index (χ0) is 17.4. The van der Waals surface area contributed by atoms with E-state index in [9.17, 15) is 25.2 Å². The Morgan fingerprint density at radius 1 is 1.08 bits per heavy atom. The zero-order valence-electron chi connectivity index (χ0n) is 12.3. The Balaban J connectivity index is 1.89. The molecule has 1 aromatic heterocycles. The largest absolute Gasteiger partial charge is 0.504 e. The molecular formula is C15H16O9. The fraction of sp³-hybridized carbons (Fsp3) is 0.400. The summed E-state index contributed by atoms with van der Waals surface area (Å²) >= 11 is 0. The van der Waals surface area contributed by atoms with E-state index in [1.807, 2.05) is 0 Å². The highest BCUT2D eigenvalue weighted by Gasteiger charge is 2.44. The van der Waals surface area contributed by atoms with Crippen molar-refractivity contribution in [3.8, 4) is 11.5 Å². The average molecular weight is 340 g/mol. The van der Waals surface area contributed by atoms with E-state index in [1.165, 1.54) is 18.2 Å². The number of rotatable bonds is 3. The maximum absolute atomic E-state index is 11.2. The van der Waals surface area contributed by atoms with Gasteiger partial charge in [0.15, 0.2) is 11.5 Å². The highest BCUT2D eigenvalue weighted by atomic mass is 16.7. The van der Waals surface area contributed by atoms with Gasteiger partial charge in [0, 0.05) is 17.5 Å². The molecule has 3 rings (SSSR count). The van der Waals surface area contributed by atoms with Crippen molar-refractivity contribution in [1.82, 2.24) is 0 Å². The minimum atomic E-state index is -1.60. The molecule has 0 aliphatic carbocycles. The smallest absolute Gasteiger partial charge is 0.336 e. The number of aliphatic hydroxyl groups excluding tert-OH is 4. The third-order valence-electron chi connectivity index (χ3n) is 3.79. The van der Waals surface area contributed by atoms with Gasteiger partial charge < -0.3 is 39.4 Å². The van der Waals surface area contributed by atoms with Crippen LogP contribution < -0.4 is 10.4 Å². The summed E-state index contributed by atoms with van der Waals surface area (Å²) in [6, 6.07) is 5.17. The van der Waals surface area contributed by atoms with Crippen molar-refractivity contribution in [1.29, 1.82) is 0 Å². The third-order valence-corrected chi connectivity index (χ3v) is 3.79. The predicted molar refractivity (Wildman–Crippen MR) is 78.5 cm³/mol. The van der Waals surface area contributed by atoms with Crippen molar-refractivity contribution >= 4 is 11.0 Å². The molecular weight excluding hydrogens is 324 g/mol. The van der Waals surface area contributed by atoms with E-state index in [1.54, 1.807) is 0 Å². The van der Waals surface area contributed by atoms with E-state index in [-0.39, 0.29) is 17.1 Å². The fourth-order valence-electron chi connectivity index (χ4n) is 2.47. The molecule has 0 amide bonds. The van der Waals surface area contributed by atoms with Gasteiger partial charge in [-0.05, 0) is 12.1 Å². The predicted octanol–water partition coefficient (Wildman–Crippen LogP) is -1.32. The van der Waals surface area contributed by atoms with Gasteiger partial charge in [-0.15, -0.1) is 0 Å². The normalized spacial score (nSPS) is 30.4. The fourth-order valence-corrected chi connectivity index (χ4v) is 2.47. The Bertz CT molecular complexity index is 784. The van der Waals surface area contributed by atoms with Crippen LogP contribution in [0.25, 0.3) is 11.0 Å². The Morgan fingerprint density at radius 2 is 1.83 bits per heavy atom. The van der Waals surface area contributed by atoms with Gasteiger partial charge in [-0.25, -0.2) is 4.79 Å². The maximum Gasteiger partial charge on any atom is 0.336 e. The molecule has 0 radical (unpaired) electrons. The summed E-state index contributed by atoms with van der Waals surface area (Å²) in [4.78, 5) is 11.2. The molecule has 2 heterocycles. The van der Waals surface area contributed by atoms with Crippen molar-refractivity contribution in [3.05, 3.63) is 34.7 Å². The first-order valence-corrected chi connectivity index (χ1v) is 7.15. The van der Waals surface area contributed by atoms with Gasteiger partial charge in [-0.3, -0.25) is 0 Å². The topological polar surface area (TPSA) is 150 Å². The van der Waals surface area contributed by atoms with Crippen molar-refractivity contribution < 1.29 is 39.4 Å². The molecule has 1 fully saturated rings. The van der Waals surface area contributed by atoms with Gasteiger partial charge in [0.05, 0.1) is 6.61 Å².